The van der Waals surface area contributed by atoms with Gasteiger partial charge in [-0.25, -0.2) is 0 Å². The second kappa shape index (κ2) is 6.82. The molecular weight excluding hydrogens is 261 g/mol. The molecule has 0 heterocycles. The molecule has 0 saturated carbocycles. The summed E-state index contributed by atoms with van der Waals surface area (Å²) in [5, 5.41) is 0. The number of carbonyl (C=O) groups excluding carboxylic acids is 1. The van der Waals surface area contributed by atoms with Crippen LogP contribution in [0.2, 0.25) is 0 Å². The minimum Gasteiger partial charge on any atom is -0.461 e. The largest absolute Gasteiger partial charge is 0.573 e. The minimum absolute atomic E-state index is 0.105. The van der Waals surface area contributed by atoms with Crippen LogP contribution < -0.4 is 4.74 Å². The van der Waals surface area contributed by atoms with Gasteiger partial charge in [0.2, 0.25) is 0 Å². The smallest absolute Gasteiger partial charge is 0.461 e. The fraction of sp³-hybridized carbons (Fsp3) is 0.308. The van der Waals surface area contributed by atoms with Crippen LogP contribution in [0.1, 0.15) is 12.5 Å². The van der Waals surface area contributed by atoms with E-state index in [0.29, 0.717) is 5.56 Å². The number of esters is 1. The summed E-state index contributed by atoms with van der Waals surface area (Å²) in [5.41, 5.74) is 0.396. The van der Waals surface area contributed by atoms with E-state index in [4.69, 9.17) is 4.74 Å². The fourth-order valence-electron chi connectivity index (χ4n) is 1.31. The molecule has 0 spiro atoms. The Labute approximate surface area is 108 Å². The number of ether oxygens (including phenoxy) is 2. The van der Waals surface area contributed by atoms with Crippen molar-refractivity contribution < 1.29 is 27.4 Å². The van der Waals surface area contributed by atoms with Gasteiger partial charge in [-0.15, -0.1) is 13.2 Å². The van der Waals surface area contributed by atoms with Crippen LogP contribution in [0, 0.1) is 0 Å². The number of alkyl halides is 3. The summed E-state index contributed by atoms with van der Waals surface area (Å²) < 4.78 is 44.7. The summed E-state index contributed by atoms with van der Waals surface area (Å²) in [6.07, 6.45) is -1.47. The third kappa shape index (κ3) is 6.49. The van der Waals surface area contributed by atoms with Crippen LogP contribution in [-0.2, 0) is 16.0 Å². The lowest BCUT2D eigenvalue weighted by atomic mass is 10.1. The quantitative estimate of drug-likeness (QED) is 0.610. The minimum atomic E-state index is -4.74. The Morgan fingerprint density at radius 2 is 2.11 bits per heavy atom. The van der Waals surface area contributed by atoms with Gasteiger partial charge in [-0.3, -0.25) is 4.79 Å². The van der Waals surface area contributed by atoms with Crippen molar-refractivity contribution in [1.82, 2.24) is 0 Å². The first-order valence-corrected chi connectivity index (χ1v) is 5.52. The van der Waals surface area contributed by atoms with Gasteiger partial charge in [0.1, 0.15) is 12.4 Å². The molecule has 0 unspecified atom stereocenters. The lowest BCUT2D eigenvalue weighted by Gasteiger charge is -2.09. The predicted molar refractivity (Wildman–Crippen MR) is 62.6 cm³/mol. The summed E-state index contributed by atoms with van der Waals surface area (Å²) >= 11 is 0. The summed E-state index contributed by atoms with van der Waals surface area (Å²) in [4.78, 5) is 11.4. The van der Waals surface area contributed by atoms with Gasteiger partial charge in [-0.05, 0) is 24.6 Å². The maximum Gasteiger partial charge on any atom is 0.573 e. The van der Waals surface area contributed by atoms with Crippen molar-refractivity contribution >= 4 is 5.97 Å². The molecule has 0 radical (unpaired) electrons. The lowest BCUT2D eigenvalue weighted by molar-refractivity contribution is -0.274. The van der Waals surface area contributed by atoms with Gasteiger partial charge in [0.15, 0.2) is 0 Å². The molecule has 104 valence electrons. The highest BCUT2D eigenvalue weighted by Crippen LogP contribution is 2.23. The maximum absolute atomic E-state index is 12.0. The molecule has 0 aliphatic carbocycles. The number of allylic oxidation sites excluding steroid dienone is 1. The molecule has 0 aliphatic heterocycles. The monoisotopic (exact) mass is 274 g/mol. The Hall–Kier alpha value is -1.98. The summed E-state index contributed by atoms with van der Waals surface area (Å²) in [6, 6.07) is 5.24. The molecule has 0 aliphatic rings. The second-order valence-corrected chi connectivity index (χ2v) is 3.62. The average Bonchev–Trinajstić information content (AvgIpc) is 2.27. The standard InChI is InChI=1S/C13H13F3O3/c1-2-3-7-18-12(17)9-10-5-4-6-11(8-10)19-13(14,15)16/h2-6,8H,7,9H2,1H3/b3-2+. The molecule has 0 aromatic heterocycles. The van der Waals surface area contributed by atoms with Crippen LogP contribution in [0.5, 0.6) is 5.75 Å². The van der Waals surface area contributed by atoms with Gasteiger partial charge >= 0.3 is 12.3 Å². The van der Waals surface area contributed by atoms with E-state index in [1.165, 1.54) is 18.2 Å². The number of benzene rings is 1. The number of carbonyl (C=O) groups is 1. The van der Waals surface area contributed by atoms with Crippen molar-refractivity contribution in [3.63, 3.8) is 0 Å². The summed E-state index contributed by atoms with van der Waals surface area (Å²) in [6.45, 7) is 1.93. The number of halogens is 3. The van der Waals surface area contributed by atoms with E-state index < -0.39 is 12.3 Å². The molecule has 1 aromatic rings. The fourth-order valence-corrected chi connectivity index (χ4v) is 1.31. The Balaban J connectivity index is 2.59. The van der Waals surface area contributed by atoms with Crippen molar-refractivity contribution in [2.75, 3.05) is 6.61 Å². The van der Waals surface area contributed by atoms with Crippen molar-refractivity contribution in [2.24, 2.45) is 0 Å². The topological polar surface area (TPSA) is 35.5 Å². The average molecular weight is 274 g/mol. The van der Waals surface area contributed by atoms with E-state index in [9.17, 15) is 18.0 Å². The third-order valence-electron chi connectivity index (χ3n) is 2.06. The molecule has 0 atom stereocenters. The van der Waals surface area contributed by atoms with E-state index in [-0.39, 0.29) is 18.8 Å². The molecule has 0 amide bonds. The lowest BCUT2D eigenvalue weighted by Crippen LogP contribution is -2.17. The Morgan fingerprint density at radius 1 is 1.37 bits per heavy atom. The van der Waals surface area contributed by atoms with Crippen molar-refractivity contribution in [1.29, 1.82) is 0 Å². The molecule has 0 fully saturated rings. The Bertz CT molecular complexity index is 453. The highest BCUT2D eigenvalue weighted by molar-refractivity contribution is 5.72. The third-order valence-corrected chi connectivity index (χ3v) is 2.06. The molecule has 0 N–H and O–H groups in total. The maximum atomic E-state index is 12.0. The van der Waals surface area contributed by atoms with Crippen molar-refractivity contribution in [2.45, 2.75) is 19.7 Å². The molecular formula is C13H13F3O3. The van der Waals surface area contributed by atoms with Crippen LogP contribution in [0.25, 0.3) is 0 Å². The molecule has 0 saturated heterocycles. The van der Waals surface area contributed by atoms with Gasteiger partial charge in [0, 0.05) is 0 Å². The van der Waals surface area contributed by atoms with Crippen molar-refractivity contribution in [3.05, 3.63) is 42.0 Å². The zero-order valence-corrected chi connectivity index (χ0v) is 10.2. The SMILES string of the molecule is C/C=C/COC(=O)Cc1cccc(OC(F)(F)F)c1. The van der Waals surface area contributed by atoms with Gasteiger partial charge in [-0.1, -0.05) is 24.3 Å². The number of rotatable bonds is 5. The zero-order chi connectivity index (χ0) is 14.3. The van der Waals surface area contributed by atoms with E-state index in [0.717, 1.165) is 6.07 Å². The molecule has 6 heteroatoms. The van der Waals surface area contributed by atoms with Gasteiger partial charge in [-0.2, -0.15) is 0 Å². The van der Waals surface area contributed by atoms with E-state index in [1.54, 1.807) is 19.1 Å². The molecule has 1 aromatic carbocycles. The first-order valence-electron chi connectivity index (χ1n) is 5.52. The van der Waals surface area contributed by atoms with Crippen LogP contribution >= 0.6 is 0 Å². The van der Waals surface area contributed by atoms with Gasteiger partial charge < -0.3 is 9.47 Å². The zero-order valence-electron chi connectivity index (χ0n) is 10.2. The molecule has 1 rings (SSSR count). The molecule has 0 bridgehead atoms. The van der Waals surface area contributed by atoms with Crippen LogP contribution in [0.4, 0.5) is 13.2 Å². The summed E-state index contributed by atoms with van der Waals surface area (Å²) in [7, 11) is 0. The second-order valence-electron chi connectivity index (χ2n) is 3.62. The highest BCUT2D eigenvalue weighted by atomic mass is 19.4. The van der Waals surface area contributed by atoms with Crippen LogP contribution in [0.3, 0.4) is 0 Å². The van der Waals surface area contributed by atoms with Crippen molar-refractivity contribution in [3.8, 4) is 5.75 Å². The first-order chi connectivity index (χ1) is 8.90. The van der Waals surface area contributed by atoms with E-state index >= 15 is 0 Å². The normalized spacial score (nSPS) is 11.6. The number of hydrogen-bond acceptors (Lipinski definition) is 3. The van der Waals surface area contributed by atoms with Gasteiger partial charge in [0.05, 0.1) is 6.42 Å². The van der Waals surface area contributed by atoms with Crippen LogP contribution in [-0.4, -0.2) is 18.9 Å². The molecule has 19 heavy (non-hydrogen) atoms. The highest BCUT2D eigenvalue weighted by Gasteiger charge is 2.31. The van der Waals surface area contributed by atoms with E-state index in [2.05, 4.69) is 4.74 Å². The predicted octanol–water partition coefficient (Wildman–Crippen LogP) is 3.25. The Kier molecular flexibility index (Phi) is 5.41. The first kappa shape index (κ1) is 15.1. The summed E-state index contributed by atoms with van der Waals surface area (Å²) in [5.74, 6) is -0.867. The Morgan fingerprint density at radius 3 is 2.74 bits per heavy atom. The van der Waals surface area contributed by atoms with E-state index in [1.807, 2.05) is 0 Å². The molecule has 3 nitrogen and oxygen atoms in total. The number of hydrogen-bond donors (Lipinski definition) is 0. The van der Waals surface area contributed by atoms with Gasteiger partial charge in [0.25, 0.3) is 0 Å². The van der Waals surface area contributed by atoms with Crippen LogP contribution in [0.15, 0.2) is 36.4 Å².